The van der Waals surface area contributed by atoms with Gasteiger partial charge in [0.25, 0.3) is 0 Å². The topological polar surface area (TPSA) is 101 Å². The third-order valence-corrected chi connectivity index (χ3v) is 4.16. The predicted molar refractivity (Wildman–Crippen MR) is 103 cm³/mol. The van der Waals surface area contributed by atoms with E-state index >= 15 is 0 Å². The Morgan fingerprint density at radius 2 is 1.89 bits per heavy atom. The van der Waals surface area contributed by atoms with Crippen molar-refractivity contribution in [2.45, 2.75) is 6.61 Å². The zero-order chi connectivity index (χ0) is 19.3. The van der Waals surface area contributed by atoms with Crippen molar-refractivity contribution in [3.8, 4) is 28.3 Å². The van der Waals surface area contributed by atoms with Gasteiger partial charge in [0, 0.05) is 12.4 Å². The molecule has 0 saturated carbocycles. The maximum Gasteiger partial charge on any atom is 0.354 e. The highest BCUT2D eigenvalue weighted by molar-refractivity contribution is 5.87. The summed E-state index contributed by atoms with van der Waals surface area (Å²) >= 11 is 0. The lowest BCUT2D eigenvalue weighted by atomic mass is 10.0. The van der Waals surface area contributed by atoms with Gasteiger partial charge in [-0.05, 0) is 53.1 Å². The molecule has 0 atom stereocenters. The van der Waals surface area contributed by atoms with E-state index in [4.69, 9.17) is 9.84 Å². The molecule has 3 aromatic heterocycles. The van der Waals surface area contributed by atoms with Crippen LogP contribution in [0.3, 0.4) is 0 Å². The second kappa shape index (κ2) is 7.71. The normalized spacial score (nSPS) is 10.6. The number of aromatic carboxylic acids is 1. The molecule has 1 aromatic carbocycles. The Bertz CT molecular complexity index is 1090. The minimum absolute atomic E-state index is 0.0163. The fraction of sp³-hybridized carbons (Fsp3) is 0.0476. The number of pyridine rings is 2. The first-order valence-electron chi connectivity index (χ1n) is 8.56. The minimum Gasteiger partial charge on any atom is -0.487 e. The fourth-order valence-electron chi connectivity index (χ4n) is 2.76. The summed E-state index contributed by atoms with van der Waals surface area (Å²) in [4.78, 5) is 19.3. The molecule has 138 valence electrons. The van der Waals surface area contributed by atoms with Crippen molar-refractivity contribution in [2.24, 2.45) is 0 Å². The lowest BCUT2D eigenvalue weighted by Crippen LogP contribution is -2.00. The van der Waals surface area contributed by atoms with Crippen LogP contribution in [-0.4, -0.2) is 31.2 Å². The second-order valence-electron chi connectivity index (χ2n) is 6.07. The first kappa shape index (κ1) is 17.4. The molecule has 7 heteroatoms. The van der Waals surface area contributed by atoms with Crippen molar-refractivity contribution in [1.82, 2.24) is 20.2 Å². The van der Waals surface area contributed by atoms with Gasteiger partial charge in [0.15, 0.2) is 0 Å². The zero-order valence-electron chi connectivity index (χ0n) is 14.7. The highest BCUT2D eigenvalue weighted by atomic mass is 16.5. The summed E-state index contributed by atoms with van der Waals surface area (Å²) in [6, 6.07) is 16.7. The van der Waals surface area contributed by atoms with Gasteiger partial charge in [-0.2, -0.15) is 5.10 Å². The maximum atomic E-state index is 11.1. The van der Waals surface area contributed by atoms with Gasteiger partial charge in [0.1, 0.15) is 18.1 Å². The number of aromatic nitrogens is 4. The Hall–Kier alpha value is -4.00. The third-order valence-electron chi connectivity index (χ3n) is 4.16. The van der Waals surface area contributed by atoms with Crippen LogP contribution in [0.5, 0.6) is 5.75 Å². The van der Waals surface area contributed by atoms with Crippen molar-refractivity contribution >= 4 is 5.97 Å². The fourth-order valence-corrected chi connectivity index (χ4v) is 2.76. The van der Waals surface area contributed by atoms with Crippen molar-refractivity contribution in [3.63, 3.8) is 0 Å². The Balaban J connectivity index is 1.47. The lowest BCUT2D eigenvalue weighted by Gasteiger charge is -2.09. The Labute approximate surface area is 160 Å². The van der Waals surface area contributed by atoms with Crippen molar-refractivity contribution < 1.29 is 14.6 Å². The molecular formula is C21H16N4O3. The largest absolute Gasteiger partial charge is 0.487 e. The molecule has 0 radical (unpaired) electrons. The molecule has 2 N–H and O–H groups in total. The molecule has 3 heterocycles. The summed E-state index contributed by atoms with van der Waals surface area (Å²) in [6.07, 6.45) is 4.84. The van der Waals surface area contributed by atoms with E-state index in [9.17, 15) is 4.79 Å². The van der Waals surface area contributed by atoms with Gasteiger partial charge in [0.2, 0.25) is 0 Å². The van der Waals surface area contributed by atoms with Crippen molar-refractivity contribution in [1.29, 1.82) is 0 Å². The van der Waals surface area contributed by atoms with E-state index in [1.54, 1.807) is 24.5 Å². The van der Waals surface area contributed by atoms with E-state index in [0.29, 0.717) is 12.4 Å². The van der Waals surface area contributed by atoms with Gasteiger partial charge in [-0.15, -0.1) is 0 Å². The molecule has 0 fully saturated rings. The zero-order valence-corrected chi connectivity index (χ0v) is 14.7. The average molecular weight is 372 g/mol. The van der Waals surface area contributed by atoms with Crippen molar-refractivity contribution in [3.05, 3.63) is 84.4 Å². The molecule has 0 bridgehead atoms. The Kier molecular flexibility index (Phi) is 4.79. The molecule has 28 heavy (non-hydrogen) atoms. The van der Waals surface area contributed by atoms with Crippen LogP contribution in [0.2, 0.25) is 0 Å². The monoisotopic (exact) mass is 372 g/mol. The quantitative estimate of drug-likeness (QED) is 0.534. The van der Waals surface area contributed by atoms with Crippen LogP contribution in [0.4, 0.5) is 0 Å². The maximum absolute atomic E-state index is 11.1. The molecule has 0 aliphatic rings. The number of hydrogen-bond acceptors (Lipinski definition) is 5. The number of carboxylic acid groups (broad SMARTS) is 1. The molecule has 0 spiro atoms. The van der Waals surface area contributed by atoms with E-state index in [1.165, 1.54) is 6.20 Å². The van der Waals surface area contributed by atoms with E-state index in [2.05, 4.69) is 20.2 Å². The van der Waals surface area contributed by atoms with Crippen LogP contribution < -0.4 is 4.74 Å². The number of ether oxygens (including phenoxy) is 1. The lowest BCUT2D eigenvalue weighted by molar-refractivity contribution is 0.0690. The van der Waals surface area contributed by atoms with E-state index in [0.717, 1.165) is 28.1 Å². The molecule has 4 rings (SSSR count). The first-order valence-corrected chi connectivity index (χ1v) is 8.56. The Morgan fingerprint density at radius 1 is 1.00 bits per heavy atom. The van der Waals surface area contributed by atoms with Gasteiger partial charge in [-0.25, -0.2) is 9.78 Å². The molecule has 7 nitrogen and oxygen atoms in total. The summed E-state index contributed by atoms with van der Waals surface area (Å²) in [7, 11) is 0. The molecule has 4 aromatic rings. The van der Waals surface area contributed by atoms with Crippen LogP contribution >= 0.6 is 0 Å². The third kappa shape index (κ3) is 3.88. The van der Waals surface area contributed by atoms with Crippen LogP contribution in [0, 0.1) is 0 Å². The standard InChI is InChI=1S/C21H16N4O3/c26-21(27)20-11-16(6-8-22-20)15-3-1-2-14(10-15)13-28-17-4-5-18(23-12-17)19-7-9-24-25-19/h1-12H,13H2,(H,24,25)(H,26,27). The number of carboxylic acids is 1. The second-order valence-corrected chi connectivity index (χ2v) is 6.07. The highest BCUT2D eigenvalue weighted by Gasteiger charge is 2.07. The van der Waals surface area contributed by atoms with Gasteiger partial charge in [0.05, 0.1) is 17.6 Å². The van der Waals surface area contributed by atoms with Crippen LogP contribution in [0.25, 0.3) is 22.5 Å². The molecule has 0 amide bonds. The Morgan fingerprint density at radius 3 is 2.64 bits per heavy atom. The number of nitrogens with one attached hydrogen (secondary N) is 1. The number of nitrogens with zero attached hydrogens (tertiary/aromatic N) is 3. The molecule has 0 aliphatic carbocycles. The van der Waals surface area contributed by atoms with E-state index < -0.39 is 5.97 Å². The number of carbonyl (C=O) groups is 1. The van der Waals surface area contributed by atoms with Gasteiger partial charge in [-0.1, -0.05) is 18.2 Å². The number of H-pyrrole nitrogens is 1. The predicted octanol–water partition coefficient (Wildman–Crippen LogP) is 3.81. The van der Waals surface area contributed by atoms with Gasteiger partial charge in [-0.3, -0.25) is 10.1 Å². The summed E-state index contributed by atoms with van der Waals surface area (Å²) < 4.78 is 5.82. The van der Waals surface area contributed by atoms with Crippen LogP contribution in [-0.2, 0) is 6.61 Å². The van der Waals surface area contributed by atoms with Gasteiger partial charge >= 0.3 is 5.97 Å². The average Bonchev–Trinajstić information content (AvgIpc) is 3.28. The first-order chi connectivity index (χ1) is 13.7. The number of benzene rings is 1. The number of hydrogen-bond donors (Lipinski definition) is 2. The van der Waals surface area contributed by atoms with Crippen molar-refractivity contribution in [2.75, 3.05) is 0 Å². The van der Waals surface area contributed by atoms with E-state index in [1.807, 2.05) is 42.5 Å². The molecule has 0 unspecified atom stereocenters. The summed E-state index contributed by atoms with van der Waals surface area (Å²) in [5.74, 6) is -0.391. The number of aromatic amines is 1. The highest BCUT2D eigenvalue weighted by Crippen LogP contribution is 2.22. The van der Waals surface area contributed by atoms with Crippen LogP contribution in [0.15, 0.2) is 73.2 Å². The smallest absolute Gasteiger partial charge is 0.354 e. The SMILES string of the molecule is O=C(O)c1cc(-c2cccc(COc3ccc(-c4ccn[nH]4)nc3)c2)ccn1. The van der Waals surface area contributed by atoms with Gasteiger partial charge < -0.3 is 9.84 Å². The summed E-state index contributed by atoms with van der Waals surface area (Å²) in [6.45, 7) is 0.371. The summed E-state index contributed by atoms with van der Waals surface area (Å²) in [5.41, 5.74) is 4.31. The van der Waals surface area contributed by atoms with E-state index in [-0.39, 0.29) is 5.69 Å². The molecular weight excluding hydrogens is 356 g/mol. The molecule has 0 aliphatic heterocycles. The minimum atomic E-state index is -1.05. The van der Waals surface area contributed by atoms with Crippen LogP contribution in [0.1, 0.15) is 16.1 Å². The summed E-state index contributed by atoms with van der Waals surface area (Å²) in [5, 5.41) is 15.9. The number of rotatable bonds is 6. The molecule has 0 saturated heterocycles.